The van der Waals surface area contributed by atoms with Crippen LogP contribution in [0.4, 0.5) is 0 Å². The van der Waals surface area contributed by atoms with Crippen molar-refractivity contribution in [3.63, 3.8) is 0 Å². The first-order chi connectivity index (χ1) is 8.34. The first-order valence-corrected chi connectivity index (χ1v) is 6.06. The van der Waals surface area contributed by atoms with Crippen LogP contribution in [0.3, 0.4) is 0 Å². The Morgan fingerprint density at radius 2 is 2.00 bits per heavy atom. The number of hydrogen-bond acceptors (Lipinski definition) is 3. The van der Waals surface area contributed by atoms with Gasteiger partial charge >= 0.3 is 0 Å². The molecule has 0 amide bonds. The summed E-state index contributed by atoms with van der Waals surface area (Å²) in [6.07, 6.45) is 4.00. The fourth-order valence-electron chi connectivity index (χ4n) is 2.42. The Morgan fingerprint density at radius 3 is 2.82 bits per heavy atom. The minimum atomic E-state index is 0.164. The summed E-state index contributed by atoms with van der Waals surface area (Å²) in [4.78, 5) is 14.4. The van der Waals surface area contributed by atoms with Crippen LogP contribution in [0.15, 0.2) is 34.9 Å². The molecular formula is C14H15NO2. The SMILES string of the molecule is O=C(CN1CCCC1)c1coc2ccccc12. The van der Waals surface area contributed by atoms with Crippen molar-refractivity contribution in [3.05, 3.63) is 36.1 Å². The van der Waals surface area contributed by atoms with E-state index in [4.69, 9.17) is 4.42 Å². The number of likely N-dealkylation sites (tertiary alicyclic amines) is 1. The Bertz CT molecular complexity index is 538. The Labute approximate surface area is 100 Å². The molecule has 0 saturated carbocycles. The van der Waals surface area contributed by atoms with Crippen LogP contribution in [0.5, 0.6) is 0 Å². The van der Waals surface area contributed by atoms with Crippen LogP contribution in [0.25, 0.3) is 11.0 Å². The van der Waals surface area contributed by atoms with Crippen molar-refractivity contribution in [2.45, 2.75) is 12.8 Å². The van der Waals surface area contributed by atoms with Gasteiger partial charge in [-0.15, -0.1) is 0 Å². The summed E-state index contributed by atoms with van der Waals surface area (Å²) >= 11 is 0. The van der Waals surface area contributed by atoms with Gasteiger partial charge in [-0.1, -0.05) is 18.2 Å². The number of hydrogen-bond donors (Lipinski definition) is 0. The summed E-state index contributed by atoms with van der Waals surface area (Å²) in [5.41, 5.74) is 1.50. The van der Waals surface area contributed by atoms with E-state index in [9.17, 15) is 4.79 Å². The zero-order valence-corrected chi connectivity index (χ0v) is 9.69. The van der Waals surface area contributed by atoms with Crippen molar-refractivity contribution >= 4 is 16.8 Å². The average Bonchev–Trinajstić information content (AvgIpc) is 2.96. The maximum Gasteiger partial charge on any atom is 0.180 e. The molecule has 3 heteroatoms. The van der Waals surface area contributed by atoms with Crippen molar-refractivity contribution in [3.8, 4) is 0 Å². The quantitative estimate of drug-likeness (QED) is 0.759. The fraction of sp³-hybridized carbons (Fsp3) is 0.357. The van der Waals surface area contributed by atoms with Crippen LogP contribution in [0.2, 0.25) is 0 Å². The van der Waals surface area contributed by atoms with Gasteiger partial charge in [-0.25, -0.2) is 0 Å². The molecule has 2 aromatic rings. The molecule has 88 valence electrons. The Hall–Kier alpha value is -1.61. The third kappa shape index (κ3) is 1.98. The molecule has 1 aromatic heterocycles. The van der Waals surface area contributed by atoms with E-state index < -0.39 is 0 Å². The lowest BCUT2D eigenvalue weighted by Crippen LogP contribution is -2.26. The number of Topliss-reactive ketones (excluding diaryl/α,β-unsaturated/α-hetero) is 1. The molecule has 0 radical (unpaired) electrons. The standard InChI is InChI=1S/C14H15NO2/c16-13(9-15-7-3-4-8-15)12-10-17-14-6-2-1-5-11(12)14/h1-2,5-6,10H,3-4,7-9H2. The van der Waals surface area contributed by atoms with Crippen LogP contribution in [-0.2, 0) is 0 Å². The van der Waals surface area contributed by atoms with Gasteiger partial charge in [-0.2, -0.15) is 0 Å². The van der Waals surface area contributed by atoms with E-state index >= 15 is 0 Å². The predicted octanol–water partition coefficient (Wildman–Crippen LogP) is 2.71. The van der Waals surface area contributed by atoms with E-state index in [-0.39, 0.29) is 5.78 Å². The second-order valence-electron chi connectivity index (χ2n) is 4.55. The third-order valence-electron chi connectivity index (χ3n) is 3.35. The van der Waals surface area contributed by atoms with Crippen LogP contribution < -0.4 is 0 Å². The number of nitrogens with zero attached hydrogens (tertiary/aromatic N) is 1. The lowest BCUT2D eigenvalue weighted by atomic mass is 10.1. The summed E-state index contributed by atoms with van der Waals surface area (Å²) in [7, 11) is 0. The monoisotopic (exact) mass is 229 g/mol. The summed E-state index contributed by atoms with van der Waals surface area (Å²) < 4.78 is 5.40. The van der Waals surface area contributed by atoms with Crippen LogP contribution >= 0.6 is 0 Å². The topological polar surface area (TPSA) is 33.5 Å². The molecule has 3 rings (SSSR count). The molecule has 17 heavy (non-hydrogen) atoms. The first kappa shape index (κ1) is 10.5. The predicted molar refractivity (Wildman–Crippen MR) is 66.2 cm³/mol. The highest BCUT2D eigenvalue weighted by Crippen LogP contribution is 2.21. The van der Waals surface area contributed by atoms with E-state index in [0.717, 1.165) is 24.1 Å². The van der Waals surface area contributed by atoms with Gasteiger partial charge < -0.3 is 4.42 Å². The maximum absolute atomic E-state index is 12.2. The number of ketones is 1. The highest BCUT2D eigenvalue weighted by atomic mass is 16.3. The second kappa shape index (κ2) is 4.34. The lowest BCUT2D eigenvalue weighted by Gasteiger charge is -2.12. The molecule has 1 aromatic carbocycles. The first-order valence-electron chi connectivity index (χ1n) is 6.06. The molecular weight excluding hydrogens is 214 g/mol. The Kier molecular flexibility index (Phi) is 2.69. The van der Waals surface area contributed by atoms with Crippen molar-refractivity contribution in [1.82, 2.24) is 4.90 Å². The van der Waals surface area contributed by atoms with Crippen molar-refractivity contribution < 1.29 is 9.21 Å². The van der Waals surface area contributed by atoms with Crippen LogP contribution in [0, 0.1) is 0 Å². The van der Waals surface area contributed by atoms with Gasteiger partial charge in [0.2, 0.25) is 0 Å². The van der Waals surface area contributed by atoms with Gasteiger partial charge in [0.25, 0.3) is 0 Å². The molecule has 1 saturated heterocycles. The minimum Gasteiger partial charge on any atom is -0.464 e. The van der Waals surface area contributed by atoms with E-state index in [1.807, 2.05) is 24.3 Å². The molecule has 0 unspecified atom stereocenters. The summed E-state index contributed by atoms with van der Waals surface area (Å²) in [5.74, 6) is 0.164. The number of para-hydroxylation sites is 1. The molecule has 0 atom stereocenters. The Balaban J connectivity index is 1.85. The zero-order valence-electron chi connectivity index (χ0n) is 9.69. The molecule has 1 fully saturated rings. The van der Waals surface area contributed by atoms with E-state index in [1.54, 1.807) is 6.26 Å². The number of furan rings is 1. The third-order valence-corrected chi connectivity index (χ3v) is 3.35. The second-order valence-corrected chi connectivity index (χ2v) is 4.55. The van der Waals surface area contributed by atoms with Gasteiger partial charge in [0, 0.05) is 5.39 Å². The number of fused-ring (bicyclic) bond motifs is 1. The summed E-state index contributed by atoms with van der Waals surface area (Å²) in [5, 5.41) is 0.927. The van der Waals surface area contributed by atoms with E-state index in [0.29, 0.717) is 12.1 Å². The maximum atomic E-state index is 12.2. The lowest BCUT2D eigenvalue weighted by molar-refractivity contribution is 0.0946. The molecule has 0 bridgehead atoms. The summed E-state index contributed by atoms with van der Waals surface area (Å²) in [6, 6.07) is 7.68. The van der Waals surface area contributed by atoms with Gasteiger partial charge in [0.1, 0.15) is 11.8 Å². The molecule has 0 spiro atoms. The molecule has 0 N–H and O–H groups in total. The molecule has 1 aliphatic rings. The van der Waals surface area contributed by atoms with Crippen LogP contribution in [-0.4, -0.2) is 30.3 Å². The largest absolute Gasteiger partial charge is 0.464 e. The van der Waals surface area contributed by atoms with E-state index in [1.165, 1.54) is 12.8 Å². The number of carbonyl (C=O) groups is 1. The highest BCUT2D eigenvalue weighted by Gasteiger charge is 2.19. The molecule has 0 aliphatic carbocycles. The van der Waals surface area contributed by atoms with E-state index in [2.05, 4.69) is 4.90 Å². The number of benzene rings is 1. The molecule has 3 nitrogen and oxygen atoms in total. The minimum absolute atomic E-state index is 0.164. The highest BCUT2D eigenvalue weighted by molar-refractivity contribution is 6.08. The summed E-state index contributed by atoms with van der Waals surface area (Å²) in [6.45, 7) is 2.60. The van der Waals surface area contributed by atoms with Crippen LogP contribution in [0.1, 0.15) is 23.2 Å². The Morgan fingerprint density at radius 1 is 1.24 bits per heavy atom. The fourth-order valence-corrected chi connectivity index (χ4v) is 2.42. The number of carbonyl (C=O) groups excluding carboxylic acids is 1. The normalized spacial score (nSPS) is 16.7. The van der Waals surface area contributed by atoms with Crippen molar-refractivity contribution in [2.75, 3.05) is 19.6 Å². The molecule has 2 heterocycles. The van der Waals surface area contributed by atoms with Crippen molar-refractivity contribution in [2.24, 2.45) is 0 Å². The number of rotatable bonds is 3. The van der Waals surface area contributed by atoms with Crippen molar-refractivity contribution in [1.29, 1.82) is 0 Å². The molecule has 1 aliphatic heterocycles. The van der Waals surface area contributed by atoms with Gasteiger partial charge in [0.15, 0.2) is 5.78 Å². The van der Waals surface area contributed by atoms with Gasteiger partial charge in [-0.3, -0.25) is 9.69 Å². The van der Waals surface area contributed by atoms with Gasteiger partial charge in [0.05, 0.1) is 12.1 Å². The smallest absolute Gasteiger partial charge is 0.180 e. The zero-order chi connectivity index (χ0) is 11.7. The van der Waals surface area contributed by atoms with Gasteiger partial charge in [-0.05, 0) is 32.0 Å². The average molecular weight is 229 g/mol.